The first-order chi connectivity index (χ1) is 9.76. The number of nitrogens with one attached hydrogen (secondary N) is 2. The maximum atomic E-state index is 12.3. The third kappa shape index (κ3) is 2.47. The van der Waals surface area contributed by atoms with E-state index in [1.807, 2.05) is 0 Å². The van der Waals surface area contributed by atoms with E-state index in [1.165, 1.54) is 25.7 Å². The van der Waals surface area contributed by atoms with E-state index in [0.717, 1.165) is 19.6 Å². The summed E-state index contributed by atoms with van der Waals surface area (Å²) in [5, 5.41) is 6.43. The number of carbonyl (C=O) groups excluding carboxylic acids is 1. The molecule has 114 valence electrons. The summed E-state index contributed by atoms with van der Waals surface area (Å²) in [4.78, 5) is 12.3. The minimum absolute atomic E-state index is 0.0448. The quantitative estimate of drug-likeness (QED) is 0.802. The number of amides is 1. The van der Waals surface area contributed by atoms with Gasteiger partial charge in [-0.1, -0.05) is 12.8 Å². The molecule has 2 saturated carbocycles. The molecule has 20 heavy (non-hydrogen) atoms. The molecule has 0 bridgehead atoms. The van der Waals surface area contributed by atoms with Crippen molar-refractivity contribution in [3.63, 3.8) is 0 Å². The van der Waals surface area contributed by atoms with E-state index in [2.05, 4.69) is 17.6 Å². The van der Waals surface area contributed by atoms with Crippen LogP contribution in [0.1, 0.15) is 39.0 Å². The first kappa shape index (κ1) is 14.3. The highest BCUT2D eigenvalue weighted by molar-refractivity contribution is 5.81. The monoisotopic (exact) mass is 282 g/mol. The Morgan fingerprint density at radius 1 is 1.45 bits per heavy atom. The Bertz CT molecular complexity index is 349. The van der Waals surface area contributed by atoms with E-state index >= 15 is 0 Å². The molecule has 5 heteroatoms. The van der Waals surface area contributed by atoms with Gasteiger partial charge in [0.05, 0.1) is 12.7 Å². The summed E-state index contributed by atoms with van der Waals surface area (Å²) >= 11 is 0. The molecule has 3 aliphatic rings. The molecule has 3 rings (SSSR count). The lowest BCUT2D eigenvalue weighted by Gasteiger charge is -2.54. The third-order valence-corrected chi connectivity index (χ3v) is 5.22. The van der Waals surface area contributed by atoms with Crippen molar-refractivity contribution in [1.82, 2.24) is 10.6 Å². The fourth-order valence-electron chi connectivity index (χ4n) is 4.09. The minimum Gasteiger partial charge on any atom is -0.378 e. The zero-order valence-corrected chi connectivity index (χ0v) is 12.3. The van der Waals surface area contributed by atoms with Crippen LogP contribution in [-0.4, -0.2) is 50.5 Å². The second-order valence-corrected chi connectivity index (χ2v) is 6.24. The Balaban J connectivity index is 1.58. The molecule has 0 radical (unpaired) electrons. The van der Waals surface area contributed by atoms with Crippen LogP contribution in [0.25, 0.3) is 0 Å². The fraction of sp³-hybridized carbons (Fsp3) is 0.933. The summed E-state index contributed by atoms with van der Waals surface area (Å²) in [5.41, 5.74) is 0.202. The van der Waals surface area contributed by atoms with Gasteiger partial charge in [0.2, 0.25) is 0 Å². The van der Waals surface area contributed by atoms with Crippen molar-refractivity contribution >= 4 is 5.91 Å². The van der Waals surface area contributed by atoms with Gasteiger partial charge in [-0.05, 0) is 26.2 Å². The first-order valence-corrected chi connectivity index (χ1v) is 8.00. The van der Waals surface area contributed by atoms with Gasteiger partial charge < -0.3 is 20.1 Å². The smallest absolute Gasteiger partial charge is 0.250 e. The molecular weight excluding hydrogens is 256 g/mol. The van der Waals surface area contributed by atoms with Gasteiger partial charge in [-0.25, -0.2) is 0 Å². The largest absolute Gasteiger partial charge is 0.378 e. The van der Waals surface area contributed by atoms with Gasteiger partial charge in [0.15, 0.2) is 0 Å². The first-order valence-electron chi connectivity index (χ1n) is 8.00. The van der Waals surface area contributed by atoms with E-state index in [9.17, 15) is 4.79 Å². The SMILES string of the molecule is CCOC1CC(NC(=O)C2CNCCO2)C12CCCC2. The van der Waals surface area contributed by atoms with Crippen LogP contribution >= 0.6 is 0 Å². The lowest BCUT2D eigenvalue weighted by molar-refractivity contribution is -0.152. The second-order valence-electron chi connectivity index (χ2n) is 6.24. The molecule has 0 aromatic carbocycles. The van der Waals surface area contributed by atoms with Gasteiger partial charge in [-0.2, -0.15) is 0 Å². The number of hydrogen-bond donors (Lipinski definition) is 2. The highest BCUT2D eigenvalue weighted by Crippen LogP contribution is 2.54. The second kappa shape index (κ2) is 6.00. The molecule has 2 aliphatic carbocycles. The average Bonchev–Trinajstić information content (AvgIpc) is 2.99. The van der Waals surface area contributed by atoms with Crippen molar-refractivity contribution in [1.29, 1.82) is 0 Å². The van der Waals surface area contributed by atoms with Crippen LogP contribution in [0, 0.1) is 5.41 Å². The van der Waals surface area contributed by atoms with Crippen molar-refractivity contribution in [2.45, 2.75) is 57.3 Å². The predicted octanol–water partition coefficient (Wildman–Crippen LogP) is 0.829. The Labute approximate surface area is 120 Å². The standard InChI is InChI=1S/C15H26N2O3/c1-2-19-13-9-12(15(13)5-3-4-6-15)17-14(18)11-10-16-7-8-20-11/h11-13,16H,2-10H2,1H3,(H,17,18). The number of hydrogen-bond acceptors (Lipinski definition) is 4. The number of morpholine rings is 1. The molecule has 0 aromatic heterocycles. The van der Waals surface area contributed by atoms with Gasteiger partial charge in [0, 0.05) is 31.2 Å². The Hall–Kier alpha value is -0.650. The molecule has 3 atom stereocenters. The topological polar surface area (TPSA) is 59.6 Å². The van der Waals surface area contributed by atoms with Crippen molar-refractivity contribution in [3.8, 4) is 0 Å². The van der Waals surface area contributed by atoms with Crippen LogP contribution in [0.15, 0.2) is 0 Å². The maximum absolute atomic E-state index is 12.3. The van der Waals surface area contributed by atoms with Crippen LogP contribution in [-0.2, 0) is 14.3 Å². The van der Waals surface area contributed by atoms with Gasteiger partial charge in [-0.3, -0.25) is 4.79 Å². The lowest BCUT2D eigenvalue weighted by atomic mass is 9.60. The molecule has 2 N–H and O–H groups in total. The van der Waals surface area contributed by atoms with Crippen LogP contribution in [0.3, 0.4) is 0 Å². The summed E-state index contributed by atoms with van der Waals surface area (Å²) in [7, 11) is 0. The van der Waals surface area contributed by atoms with Gasteiger partial charge in [-0.15, -0.1) is 0 Å². The zero-order valence-electron chi connectivity index (χ0n) is 12.3. The molecular formula is C15H26N2O3. The molecule has 5 nitrogen and oxygen atoms in total. The summed E-state index contributed by atoms with van der Waals surface area (Å²) in [6.07, 6.45) is 5.87. The van der Waals surface area contributed by atoms with Crippen LogP contribution < -0.4 is 10.6 Å². The number of ether oxygens (including phenoxy) is 2. The van der Waals surface area contributed by atoms with E-state index in [0.29, 0.717) is 19.3 Å². The number of carbonyl (C=O) groups is 1. The molecule has 3 fully saturated rings. The van der Waals surface area contributed by atoms with Crippen molar-refractivity contribution < 1.29 is 14.3 Å². The van der Waals surface area contributed by atoms with Gasteiger partial charge in [0.1, 0.15) is 6.10 Å². The predicted molar refractivity (Wildman–Crippen MR) is 75.5 cm³/mol. The summed E-state index contributed by atoms with van der Waals surface area (Å²) < 4.78 is 11.4. The van der Waals surface area contributed by atoms with Gasteiger partial charge >= 0.3 is 0 Å². The van der Waals surface area contributed by atoms with Crippen molar-refractivity contribution in [3.05, 3.63) is 0 Å². The Morgan fingerprint density at radius 2 is 2.25 bits per heavy atom. The summed E-state index contributed by atoms with van der Waals surface area (Å²) in [5.74, 6) is 0.0448. The molecule has 3 unspecified atom stereocenters. The summed E-state index contributed by atoms with van der Waals surface area (Å²) in [6, 6.07) is 0.277. The normalized spacial score (nSPS) is 35.8. The maximum Gasteiger partial charge on any atom is 0.250 e. The molecule has 1 amide bonds. The van der Waals surface area contributed by atoms with Crippen molar-refractivity contribution in [2.24, 2.45) is 5.41 Å². The van der Waals surface area contributed by atoms with E-state index in [4.69, 9.17) is 9.47 Å². The lowest BCUT2D eigenvalue weighted by Crippen LogP contribution is -2.65. The third-order valence-electron chi connectivity index (χ3n) is 5.22. The van der Waals surface area contributed by atoms with Gasteiger partial charge in [0.25, 0.3) is 5.91 Å². The Morgan fingerprint density at radius 3 is 2.90 bits per heavy atom. The molecule has 1 spiro atoms. The molecule has 1 aliphatic heterocycles. The van der Waals surface area contributed by atoms with Crippen molar-refractivity contribution in [2.75, 3.05) is 26.3 Å². The van der Waals surface area contributed by atoms with E-state index in [1.54, 1.807) is 0 Å². The highest BCUT2D eigenvalue weighted by Gasteiger charge is 2.57. The van der Waals surface area contributed by atoms with Crippen LogP contribution in [0.2, 0.25) is 0 Å². The minimum atomic E-state index is -0.326. The zero-order chi connectivity index (χ0) is 14.0. The average molecular weight is 282 g/mol. The van der Waals surface area contributed by atoms with E-state index in [-0.39, 0.29) is 23.5 Å². The van der Waals surface area contributed by atoms with Crippen LogP contribution in [0.5, 0.6) is 0 Å². The molecule has 1 saturated heterocycles. The Kier molecular flexibility index (Phi) is 4.29. The highest BCUT2D eigenvalue weighted by atomic mass is 16.5. The molecule has 1 heterocycles. The summed E-state index contributed by atoms with van der Waals surface area (Å²) in [6.45, 7) is 4.90. The number of rotatable bonds is 4. The van der Waals surface area contributed by atoms with E-state index < -0.39 is 0 Å². The van der Waals surface area contributed by atoms with Crippen LogP contribution in [0.4, 0.5) is 0 Å². The molecule has 0 aromatic rings. The fourth-order valence-corrected chi connectivity index (χ4v) is 4.09.